The van der Waals surface area contributed by atoms with Crippen LogP contribution in [0.4, 0.5) is 0 Å². The summed E-state index contributed by atoms with van der Waals surface area (Å²) in [5, 5.41) is 14.7. The van der Waals surface area contributed by atoms with Crippen LogP contribution >= 0.6 is 0 Å². The van der Waals surface area contributed by atoms with E-state index in [1.165, 1.54) is 18.2 Å². The van der Waals surface area contributed by atoms with Gasteiger partial charge in [-0.1, -0.05) is 6.07 Å². The molecule has 16 heavy (non-hydrogen) atoms. The van der Waals surface area contributed by atoms with E-state index in [1.807, 2.05) is 0 Å². The molecular formula is C10H15NO4S. The van der Waals surface area contributed by atoms with Crippen LogP contribution in [0.3, 0.4) is 0 Å². The van der Waals surface area contributed by atoms with Gasteiger partial charge in [0.05, 0.1) is 0 Å². The van der Waals surface area contributed by atoms with Crippen LogP contribution in [0.2, 0.25) is 0 Å². The van der Waals surface area contributed by atoms with Gasteiger partial charge in [-0.15, -0.1) is 0 Å². The number of hydrogen-bond donors (Lipinski definition) is 2. The molecule has 0 aliphatic rings. The number of sulfonamides is 1. The van der Waals surface area contributed by atoms with E-state index in [2.05, 4.69) is 0 Å². The second-order valence-corrected chi connectivity index (χ2v) is 5.89. The minimum Gasteiger partial charge on any atom is -0.503 e. The molecule has 0 bridgehead atoms. The predicted molar refractivity (Wildman–Crippen MR) is 59.9 cm³/mol. The van der Waals surface area contributed by atoms with Gasteiger partial charge in [-0.25, -0.2) is 13.6 Å². The number of nitrogens with two attached hydrogens (primary N) is 1. The molecular weight excluding hydrogens is 230 g/mol. The lowest BCUT2D eigenvalue weighted by atomic mass is 10.2. The molecule has 1 rings (SSSR count). The summed E-state index contributed by atoms with van der Waals surface area (Å²) in [6.07, 6.45) is 0. The molecule has 0 spiro atoms. The van der Waals surface area contributed by atoms with Gasteiger partial charge in [0.25, 0.3) is 0 Å². The second-order valence-electron chi connectivity index (χ2n) is 4.36. The van der Waals surface area contributed by atoms with Crippen LogP contribution in [0.25, 0.3) is 0 Å². The zero-order chi connectivity index (χ0) is 12.6. The Morgan fingerprint density at radius 2 is 1.88 bits per heavy atom. The highest BCUT2D eigenvalue weighted by atomic mass is 32.2. The first-order valence-electron chi connectivity index (χ1n) is 4.65. The lowest BCUT2D eigenvalue weighted by Gasteiger charge is -2.22. The second kappa shape index (κ2) is 3.95. The first kappa shape index (κ1) is 12.8. The third-order valence-electron chi connectivity index (χ3n) is 1.68. The van der Waals surface area contributed by atoms with Crippen LogP contribution in [-0.2, 0) is 10.0 Å². The summed E-state index contributed by atoms with van der Waals surface area (Å²) in [4.78, 5) is -0.339. The van der Waals surface area contributed by atoms with E-state index in [0.717, 1.165) is 0 Å². The van der Waals surface area contributed by atoms with Gasteiger partial charge in [-0.05, 0) is 32.9 Å². The van der Waals surface area contributed by atoms with Crippen molar-refractivity contribution in [3.63, 3.8) is 0 Å². The number of hydrogen-bond acceptors (Lipinski definition) is 4. The lowest BCUT2D eigenvalue weighted by molar-refractivity contribution is 0.125. The van der Waals surface area contributed by atoms with Crippen LogP contribution in [0.15, 0.2) is 23.1 Å². The summed E-state index contributed by atoms with van der Waals surface area (Å²) >= 11 is 0. The molecule has 0 atom stereocenters. The minimum absolute atomic E-state index is 0.0963. The monoisotopic (exact) mass is 245 g/mol. The molecule has 6 heteroatoms. The van der Waals surface area contributed by atoms with E-state index < -0.39 is 21.4 Å². The fraction of sp³-hybridized carbons (Fsp3) is 0.400. The van der Waals surface area contributed by atoms with E-state index >= 15 is 0 Å². The van der Waals surface area contributed by atoms with Gasteiger partial charge in [-0.2, -0.15) is 0 Å². The highest BCUT2D eigenvalue weighted by Gasteiger charge is 2.20. The molecule has 0 saturated carbocycles. The molecule has 5 nitrogen and oxygen atoms in total. The Kier molecular flexibility index (Phi) is 3.16. The maximum absolute atomic E-state index is 11.1. The average Bonchev–Trinajstić information content (AvgIpc) is 2.04. The zero-order valence-corrected chi connectivity index (χ0v) is 10.2. The summed E-state index contributed by atoms with van der Waals surface area (Å²) in [5.74, 6) is -0.362. The first-order valence-corrected chi connectivity index (χ1v) is 6.20. The van der Waals surface area contributed by atoms with Gasteiger partial charge in [0.15, 0.2) is 11.5 Å². The van der Waals surface area contributed by atoms with Gasteiger partial charge in [0.1, 0.15) is 10.5 Å². The normalized spacial score (nSPS) is 12.5. The molecule has 90 valence electrons. The summed E-state index contributed by atoms with van der Waals surface area (Å²) in [7, 11) is -3.94. The van der Waals surface area contributed by atoms with Crippen molar-refractivity contribution in [3.05, 3.63) is 18.2 Å². The van der Waals surface area contributed by atoms with Crippen LogP contribution in [0, 0.1) is 0 Å². The van der Waals surface area contributed by atoms with Gasteiger partial charge >= 0.3 is 0 Å². The number of phenolic OH excluding ortho intramolecular Hbond substituents is 1. The third-order valence-corrected chi connectivity index (χ3v) is 2.63. The van der Waals surface area contributed by atoms with Crippen LogP contribution < -0.4 is 9.88 Å². The summed E-state index contributed by atoms with van der Waals surface area (Å²) < 4.78 is 27.7. The Bertz CT molecular complexity index is 488. The average molecular weight is 245 g/mol. The van der Waals surface area contributed by atoms with Gasteiger partial charge in [-0.3, -0.25) is 0 Å². The summed E-state index contributed by atoms with van der Waals surface area (Å²) in [6.45, 7) is 5.36. The van der Waals surface area contributed by atoms with Crippen molar-refractivity contribution in [1.82, 2.24) is 0 Å². The highest BCUT2D eigenvalue weighted by molar-refractivity contribution is 7.89. The maximum Gasteiger partial charge on any atom is 0.241 e. The van der Waals surface area contributed by atoms with E-state index in [1.54, 1.807) is 20.8 Å². The number of ether oxygens (including phenoxy) is 1. The molecule has 1 aromatic carbocycles. The SMILES string of the molecule is CC(C)(C)Oc1cccc(S(N)(=O)=O)c1O. The number of benzene rings is 1. The lowest BCUT2D eigenvalue weighted by Crippen LogP contribution is -2.23. The highest BCUT2D eigenvalue weighted by Crippen LogP contribution is 2.34. The molecule has 0 amide bonds. The van der Waals surface area contributed by atoms with Crippen molar-refractivity contribution in [2.45, 2.75) is 31.3 Å². The number of aromatic hydroxyl groups is 1. The molecule has 0 saturated heterocycles. The van der Waals surface area contributed by atoms with Crippen molar-refractivity contribution < 1.29 is 18.3 Å². The van der Waals surface area contributed by atoms with Crippen LogP contribution in [-0.4, -0.2) is 19.1 Å². The van der Waals surface area contributed by atoms with Crippen molar-refractivity contribution >= 4 is 10.0 Å². The minimum atomic E-state index is -3.94. The molecule has 0 aliphatic heterocycles. The smallest absolute Gasteiger partial charge is 0.241 e. The Morgan fingerprint density at radius 3 is 2.31 bits per heavy atom. The summed E-state index contributed by atoms with van der Waals surface area (Å²) in [6, 6.07) is 4.16. The van der Waals surface area contributed by atoms with Gasteiger partial charge in [0, 0.05) is 0 Å². The Labute approximate surface area is 94.9 Å². The Balaban J connectivity index is 3.25. The van der Waals surface area contributed by atoms with E-state index in [-0.39, 0.29) is 10.6 Å². The van der Waals surface area contributed by atoms with E-state index in [0.29, 0.717) is 0 Å². The molecule has 0 heterocycles. The van der Waals surface area contributed by atoms with Crippen molar-refractivity contribution in [2.75, 3.05) is 0 Å². The van der Waals surface area contributed by atoms with Crippen molar-refractivity contribution in [3.8, 4) is 11.5 Å². The van der Waals surface area contributed by atoms with E-state index in [4.69, 9.17) is 9.88 Å². The maximum atomic E-state index is 11.1. The first-order chi connectivity index (χ1) is 7.11. The molecule has 3 N–H and O–H groups in total. The van der Waals surface area contributed by atoms with Gasteiger partial charge < -0.3 is 9.84 Å². The van der Waals surface area contributed by atoms with E-state index in [9.17, 15) is 13.5 Å². The largest absolute Gasteiger partial charge is 0.503 e. The molecule has 0 radical (unpaired) electrons. The summed E-state index contributed by atoms with van der Waals surface area (Å²) in [5.41, 5.74) is -0.533. The predicted octanol–water partition coefficient (Wildman–Crippen LogP) is 1.22. The third kappa shape index (κ3) is 3.11. The van der Waals surface area contributed by atoms with Crippen molar-refractivity contribution in [2.24, 2.45) is 5.14 Å². The molecule has 0 unspecified atom stereocenters. The van der Waals surface area contributed by atoms with Gasteiger partial charge in [0.2, 0.25) is 10.0 Å². The topological polar surface area (TPSA) is 89.6 Å². The fourth-order valence-electron chi connectivity index (χ4n) is 1.14. The Hall–Kier alpha value is -1.27. The number of rotatable bonds is 2. The molecule has 0 aliphatic carbocycles. The van der Waals surface area contributed by atoms with Crippen LogP contribution in [0.1, 0.15) is 20.8 Å². The fourth-order valence-corrected chi connectivity index (χ4v) is 1.78. The molecule has 1 aromatic rings. The van der Waals surface area contributed by atoms with Crippen LogP contribution in [0.5, 0.6) is 11.5 Å². The number of primary sulfonamides is 1. The standard InChI is InChI=1S/C10H15NO4S/c1-10(2,3)15-7-5-4-6-8(9(7)12)16(11,13)14/h4-6,12H,1-3H3,(H2,11,13,14). The Morgan fingerprint density at radius 1 is 1.31 bits per heavy atom. The number of phenols is 1. The zero-order valence-electron chi connectivity index (χ0n) is 9.39. The molecule has 0 aromatic heterocycles. The van der Waals surface area contributed by atoms with Crippen molar-refractivity contribution in [1.29, 1.82) is 0 Å². The quantitative estimate of drug-likeness (QED) is 0.819. The number of para-hydroxylation sites is 1. The molecule has 0 fully saturated rings.